The lowest BCUT2D eigenvalue weighted by Crippen LogP contribution is -2.49. The molecule has 3 rings (SSSR count). The summed E-state index contributed by atoms with van der Waals surface area (Å²) >= 11 is 1.62. The van der Waals surface area contributed by atoms with Crippen molar-refractivity contribution in [3.63, 3.8) is 0 Å². The van der Waals surface area contributed by atoms with Gasteiger partial charge in [-0.05, 0) is 18.4 Å². The normalized spacial score (nSPS) is 15.3. The first-order chi connectivity index (χ1) is 10.3. The molecule has 2 aromatic rings. The second-order valence-corrected chi connectivity index (χ2v) is 5.65. The van der Waals surface area contributed by atoms with E-state index in [-0.39, 0.29) is 6.09 Å². The Balaban J connectivity index is 1.61. The van der Waals surface area contributed by atoms with Gasteiger partial charge >= 0.3 is 6.09 Å². The molecule has 1 fully saturated rings. The maximum Gasteiger partial charge on any atom is 0.409 e. The van der Waals surface area contributed by atoms with Crippen LogP contribution >= 0.6 is 11.3 Å². The van der Waals surface area contributed by atoms with Crippen LogP contribution in [-0.2, 0) is 4.74 Å². The average Bonchev–Trinajstić information content (AvgIpc) is 3.19. The molecule has 0 radical (unpaired) electrons. The fourth-order valence-electron chi connectivity index (χ4n) is 2.28. The molecule has 3 heterocycles. The van der Waals surface area contributed by atoms with E-state index in [1.807, 2.05) is 30.5 Å². The summed E-state index contributed by atoms with van der Waals surface area (Å²) in [6.45, 7) is 4.96. The summed E-state index contributed by atoms with van der Waals surface area (Å²) in [4.78, 5) is 16.6. The number of piperazine rings is 1. The largest absolute Gasteiger partial charge is 0.450 e. The Hall–Kier alpha value is -2.02. The minimum absolute atomic E-state index is 0.239. The van der Waals surface area contributed by atoms with Gasteiger partial charge in [-0.1, -0.05) is 11.2 Å². The fraction of sp³-hybridized carbons (Fsp3) is 0.429. The molecule has 0 unspecified atom stereocenters. The highest BCUT2D eigenvalue weighted by molar-refractivity contribution is 7.13. The Bertz CT molecular complexity index is 588. The van der Waals surface area contributed by atoms with Gasteiger partial charge in [-0.25, -0.2) is 4.79 Å². The SMILES string of the molecule is CCOC(=O)N1CCN(c2cc(-c3cccs3)on2)CC1. The van der Waals surface area contributed by atoms with Crippen LogP contribution in [0.4, 0.5) is 10.6 Å². The monoisotopic (exact) mass is 307 g/mol. The number of amides is 1. The van der Waals surface area contributed by atoms with Crippen molar-refractivity contribution in [3.05, 3.63) is 23.6 Å². The molecule has 6 nitrogen and oxygen atoms in total. The zero-order chi connectivity index (χ0) is 14.7. The topological polar surface area (TPSA) is 58.8 Å². The predicted octanol–water partition coefficient (Wildman–Crippen LogP) is 2.68. The van der Waals surface area contributed by atoms with Gasteiger partial charge < -0.3 is 19.1 Å². The summed E-state index contributed by atoms with van der Waals surface area (Å²) in [6, 6.07) is 5.94. The summed E-state index contributed by atoms with van der Waals surface area (Å²) in [6.07, 6.45) is -0.239. The number of anilines is 1. The second-order valence-electron chi connectivity index (χ2n) is 4.70. The highest BCUT2D eigenvalue weighted by atomic mass is 32.1. The van der Waals surface area contributed by atoms with Gasteiger partial charge in [0.2, 0.25) is 0 Å². The van der Waals surface area contributed by atoms with E-state index >= 15 is 0 Å². The van der Waals surface area contributed by atoms with E-state index in [9.17, 15) is 4.79 Å². The lowest BCUT2D eigenvalue weighted by atomic mass is 10.3. The number of thiophene rings is 1. The molecule has 112 valence electrons. The van der Waals surface area contributed by atoms with Crippen molar-refractivity contribution < 1.29 is 14.1 Å². The van der Waals surface area contributed by atoms with Gasteiger partial charge in [-0.2, -0.15) is 0 Å². The minimum Gasteiger partial charge on any atom is -0.450 e. The lowest BCUT2D eigenvalue weighted by Gasteiger charge is -2.33. The smallest absolute Gasteiger partial charge is 0.409 e. The van der Waals surface area contributed by atoms with Crippen LogP contribution in [0.25, 0.3) is 10.6 Å². The van der Waals surface area contributed by atoms with Gasteiger partial charge in [0.25, 0.3) is 0 Å². The second kappa shape index (κ2) is 6.17. The molecule has 0 aliphatic carbocycles. The Morgan fingerprint density at radius 2 is 2.24 bits per heavy atom. The van der Waals surface area contributed by atoms with Gasteiger partial charge in [-0.3, -0.25) is 0 Å². The summed E-state index contributed by atoms with van der Waals surface area (Å²) in [5.41, 5.74) is 0. The minimum atomic E-state index is -0.239. The molecule has 1 aliphatic heterocycles. The summed E-state index contributed by atoms with van der Waals surface area (Å²) < 4.78 is 10.4. The third kappa shape index (κ3) is 3.02. The Labute approximate surface area is 126 Å². The Morgan fingerprint density at radius 3 is 2.90 bits per heavy atom. The van der Waals surface area contributed by atoms with E-state index in [4.69, 9.17) is 9.26 Å². The van der Waals surface area contributed by atoms with E-state index in [0.29, 0.717) is 19.7 Å². The molecule has 0 saturated carbocycles. The van der Waals surface area contributed by atoms with Gasteiger partial charge in [0, 0.05) is 32.2 Å². The van der Waals surface area contributed by atoms with Crippen molar-refractivity contribution in [3.8, 4) is 10.6 Å². The van der Waals surface area contributed by atoms with Crippen LogP contribution in [0.15, 0.2) is 28.1 Å². The molecular formula is C14H17N3O3S. The summed E-state index contributed by atoms with van der Waals surface area (Å²) in [5, 5.41) is 6.13. The first-order valence-corrected chi connectivity index (χ1v) is 7.83. The maximum absolute atomic E-state index is 11.7. The number of ether oxygens (including phenoxy) is 1. The maximum atomic E-state index is 11.7. The van der Waals surface area contributed by atoms with E-state index in [1.165, 1.54) is 0 Å². The quantitative estimate of drug-likeness (QED) is 0.872. The third-order valence-electron chi connectivity index (χ3n) is 3.39. The van der Waals surface area contributed by atoms with E-state index in [2.05, 4.69) is 10.1 Å². The number of nitrogens with zero attached hydrogens (tertiary/aromatic N) is 3. The number of hydrogen-bond donors (Lipinski definition) is 0. The highest BCUT2D eigenvalue weighted by Gasteiger charge is 2.24. The fourth-order valence-corrected chi connectivity index (χ4v) is 2.96. The zero-order valence-electron chi connectivity index (χ0n) is 11.8. The van der Waals surface area contributed by atoms with Crippen molar-refractivity contribution in [1.82, 2.24) is 10.1 Å². The van der Waals surface area contributed by atoms with Crippen molar-refractivity contribution in [2.45, 2.75) is 6.92 Å². The number of aromatic nitrogens is 1. The van der Waals surface area contributed by atoms with Crippen LogP contribution in [0, 0.1) is 0 Å². The molecule has 0 N–H and O–H groups in total. The Morgan fingerprint density at radius 1 is 1.43 bits per heavy atom. The van der Waals surface area contributed by atoms with Crippen molar-refractivity contribution in [1.29, 1.82) is 0 Å². The van der Waals surface area contributed by atoms with Gasteiger partial charge in [0.05, 0.1) is 11.5 Å². The van der Waals surface area contributed by atoms with Crippen LogP contribution in [0.2, 0.25) is 0 Å². The van der Waals surface area contributed by atoms with E-state index in [0.717, 1.165) is 29.5 Å². The number of hydrogen-bond acceptors (Lipinski definition) is 6. The summed E-state index contributed by atoms with van der Waals surface area (Å²) in [7, 11) is 0. The molecule has 7 heteroatoms. The summed E-state index contributed by atoms with van der Waals surface area (Å²) in [5.74, 6) is 1.61. The highest BCUT2D eigenvalue weighted by Crippen LogP contribution is 2.28. The van der Waals surface area contributed by atoms with E-state index in [1.54, 1.807) is 16.2 Å². The molecule has 1 saturated heterocycles. The third-order valence-corrected chi connectivity index (χ3v) is 4.28. The predicted molar refractivity (Wildman–Crippen MR) is 80.6 cm³/mol. The van der Waals surface area contributed by atoms with Crippen LogP contribution < -0.4 is 4.90 Å². The first-order valence-electron chi connectivity index (χ1n) is 6.95. The van der Waals surface area contributed by atoms with Crippen molar-refractivity contribution in [2.24, 2.45) is 0 Å². The van der Waals surface area contributed by atoms with Crippen LogP contribution in [0.5, 0.6) is 0 Å². The number of carbonyl (C=O) groups is 1. The van der Waals surface area contributed by atoms with Gasteiger partial charge in [-0.15, -0.1) is 11.3 Å². The molecular weight excluding hydrogens is 290 g/mol. The molecule has 1 aliphatic rings. The number of carbonyl (C=O) groups excluding carboxylic acids is 1. The lowest BCUT2D eigenvalue weighted by molar-refractivity contribution is 0.105. The van der Waals surface area contributed by atoms with Crippen LogP contribution in [0.1, 0.15) is 6.92 Å². The van der Waals surface area contributed by atoms with E-state index < -0.39 is 0 Å². The number of rotatable bonds is 3. The molecule has 21 heavy (non-hydrogen) atoms. The van der Waals surface area contributed by atoms with Crippen LogP contribution in [-0.4, -0.2) is 48.9 Å². The molecule has 0 atom stereocenters. The molecule has 2 aromatic heterocycles. The molecule has 0 spiro atoms. The molecule has 1 amide bonds. The first kappa shape index (κ1) is 13.9. The van der Waals surface area contributed by atoms with Gasteiger partial charge in [0.15, 0.2) is 11.6 Å². The molecule has 0 aromatic carbocycles. The van der Waals surface area contributed by atoms with Crippen molar-refractivity contribution >= 4 is 23.2 Å². The van der Waals surface area contributed by atoms with Crippen LogP contribution in [0.3, 0.4) is 0 Å². The zero-order valence-corrected chi connectivity index (χ0v) is 12.6. The average molecular weight is 307 g/mol. The Kier molecular flexibility index (Phi) is 4.10. The standard InChI is InChI=1S/C14H17N3O3S/c1-2-19-14(18)17-7-5-16(6-8-17)13-10-11(20-15-13)12-4-3-9-21-12/h3-4,9-10H,2,5-8H2,1H3. The van der Waals surface area contributed by atoms with Gasteiger partial charge in [0.1, 0.15) is 0 Å². The van der Waals surface area contributed by atoms with Crippen molar-refractivity contribution in [2.75, 3.05) is 37.7 Å². The molecule has 0 bridgehead atoms.